The Morgan fingerprint density at radius 2 is 1.69 bits per heavy atom. The minimum atomic E-state index is 1.13. The first-order valence-electron chi connectivity index (χ1n) is 4.16. The Kier molecular flexibility index (Phi) is 2.33. The fourth-order valence-electron chi connectivity index (χ4n) is 1.38. The van der Waals surface area contributed by atoms with E-state index in [1.54, 1.807) is 0 Å². The Labute approximate surface area is 82.5 Å². The van der Waals surface area contributed by atoms with E-state index >= 15 is 0 Å². The summed E-state index contributed by atoms with van der Waals surface area (Å²) in [7, 11) is 0. The van der Waals surface area contributed by atoms with Gasteiger partial charge < -0.3 is 0 Å². The van der Waals surface area contributed by atoms with Gasteiger partial charge in [-0.3, -0.25) is 0 Å². The van der Waals surface area contributed by atoms with E-state index in [4.69, 9.17) is 11.6 Å². The molecule has 0 aromatic heterocycles. The SMILES string of the molecule is ClC=Cc1ccc2ccccc2c1. The Bertz CT molecular complexity index is 444. The molecule has 2 aromatic rings. The van der Waals surface area contributed by atoms with Crippen LogP contribution in [0.5, 0.6) is 0 Å². The van der Waals surface area contributed by atoms with E-state index in [9.17, 15) is 0 Å². The second kappa shape index (κ2) is 3.63. The van der Waals surface area contributed by atoms with E-state index in [1.807, 2.05) is 18.2 Å². The van der Waals surface area contributed by atoms with Gasteiger partial charge in [-0.15, -0.1) is 0 Å². The molecule has 0 radical (unpaired) electrons. The van der Waals surface area contributed by atoms with Gasteiger partial charge in [0.05, 0.1) is 0 Å². The van der Waals surface area contributed by atoms with Crippen molar-refractivity contribution in [2.75, 3.05) is 0 Å². The van der Waals surface area contributed by atoms with Crippen molar-refractivity contribution in [1.29, 1.82) is 0 Å². The smallest absolute Gasteiger partial charge is 0.00484 e. The highest BCUT2D eigenvalue weighted by molar-refractivity contribution is 6.27. The van der Waals surface area contributed by atoms with Gasteiger partial charge in [-0.25, -0.2) is 0 Å². The predicted octanol–water partition coefficient (Wildman–Crippen LogP) is 4.05. The van der Waals surface area contributed by atoms with Crippen LogP contribution in [0.15, 0.2) is 48.0 Å². The summed E-state index contributed by atoms with van der Waals surface area (Å²) in [4.78, 5) is 0. The third-order valence-corrected chi connectivity index (χ3v) is 2.15. The average molecular weight is 189 g/mol. The zero-order valence-electron chi connectivity index (χ0n) is 7.07. The zero-order chi connectivity index (χ0) is 9.10. The van der Waals surface area contributed by atoms with E-state index in [0.29, 0.717) is 0 Å². The summed E-state index contributed by atoms with van der Waals surface area (Å²) in [5.41, 5.74) is 2.66. The Hall–Kier alpha value is -1.27. The van der Waals surface area contributed by atoms with Gasteiger partial charge in [0, 0.05) is 5.54 Å². The van der Waals surface area contributed by atoms with Gasteiger partial charge in [-0.2, -0.15) is 0 Å². The lowest BCUT2D eigenvalue weighted by molar-refractivity contribution is 1.71. The molecule has 0 bridgehead atoms. The van der Waals surface area contributed by atoms with Gasteiger partial charge in [-0.1, -0.05) is 48.0 Å². The second-order valence-electron chi connectivity index (χ2n) is 2.90. The summed E-state index contributed by atoms with van der Waals surface area (Å²) in [6, 6.07) is 14.6. The minimum absolute atomic E-state index is 1.13. The Morgan fingerprint density at radius 3 is 2.46 bits per heavy atom. The number of fused-ring (bicyclic) bond motifs is 1. The van der Waals surface area contributed by atoms with Gasteiger partial charge in [0.1, 0.15) is 0 Å². The first-order valence-corrected chi connectivity index (χ1v) is 4.59. The fraction of sp³-hybridized carbons (Fsp3) is 0. The standard InChI is InChI=1S/C12H9Cl/c13-8-7-10-5-6-11-3-1-2-4-12(11)9-10/h1-9H. The molecular formula is C12H9Cl. The van der Waals surface area contributed by atoms with Crippen molar-refractivity contribution < 1.29 is 0 Å². The van der Waals surface area contributed by atoms with Crippen LogP contribution in [0.25, 0.3) is 16.8 Å². The van der Waals surface area contributed by atoms with Crippen LogP contribution >= 0.6 is 11.6 Å². The fourth-order valence-corrected chi connectivity index (χ4v) is 1.53. The molecule has 0 atom stereocenters. The molecule has 0 heterocycles. The minimum Gasteiger partial charge on any atom is -0.0929 e. The maximum atomic E-state index is 5.51. The third kappa shape index (κ3) is 1.73. The lowest BCUT2D eigenvalue weighted by Gasteiger charge is -1.97. The summed E-state index contributed by atoms with van der Waals surface area (Å²) in [5, 5.41) is 2.50. The Balaban J connectivity index is 2.62. The van der Waals surface area contributed by atoms with Crippen LogP contribution in [0.4, 0.5) is 0 Å². The molecule has 13 heavy (non-hydrogen) atoms. The molecule has 0 spiro atoms. The summed E-state index contributed by atoms with van der Waals surface area (Å²) in [5.74, 6) is 0. The van der Waals surface area contributed by atoms with Crippen molar-refractivity contribution in [3.8, 4) is 0 Å². The highest BCUT2D eigenvalue weighted by atomic mass is 35.5. The zero-order valence-corrected chi connectivity index (χ0v) is 7.83. The van der Waals surface area contributed by atoms with Crippen LogP contribution in [0, 0.1) is 0 Å². The number of hydrogen-bond donors (Lipinski definition) is 0. The van der Waals surface area contributed by atoms with Crippen molar-refractivity contribution in [3.63, 3.8) is 0 Å². The summed E-state index contributed by atoms with van der Waals surface area (Å²) < 4.78 is 0. The highest BCUT2D eigenvalue weighted by Gasteiger charge is 1.91. The number of hydrogen-bond acceptors (Lipinski definition) is 0. The van der Waals surface area contributed by atoms with E-state index < -0.39 is 0 Å². The van der Waals surface area contributed by atoms with Gasteiger partial charge >= 0.3 is 0 Å². The monoisotopic (exact) mass is 188 g/mol. The van der Waals surface area contributed by atoms with Crippen molar-refractivity contribution in [2.24, 2.45) is 0 Å². The molecule has 0 saturated heterocycles. The predicted molar refractivity (Wildman–Crippen MR) is 58.8 cm³/mol. The van der Waals surface area contributed by atoms with Crippen molar-refractivity contribution in [3.05, 3.63) is 53.6 Å². The van der Waals surface area contributed by atoms with Crippen LogP contribution in [-0.4, -0.2) is 0 Å². The quantitative estimate of drug-likeness (QED) is 0.634. The first-order chi connectivity index (χ1) is 6.40. The van der Waals surface area contributed by atoms with Gasteiger partial charge in [0.15, 0.2) is 0 Å². The normalized spacial score (nSPS) is 11.2. The second-order valence-corrected chi connectivity index (χ2v) is 3.15. The molecule has 0 aliphatic rings. The van der Waals surface area contributed by atoms with E-state index in [0.717, 1.165) is 5.56 Å². The number of halogens is 1. The summed E-state index contributed by atoms with van der Waals surface area (Å²) >= 11 is 5.51. The molecule has 0 unspecified atom stereocenters. The van der Waals surface area contributed by atoms with Crippen LogP contribution in [0.3, 0.4) is 0 Å². The molecular weight excluding hydrogens is 180 g/mol. The molecule has 0 N–H and O–H groups in total. The summed E-state index contributed by atoms with van der Waals surface area (Å²) in [6.45, 7) is 0. The Morgan fingerprint density at radius 1 is 0.923 bits per heavy atom. The number of benzene rings is 2. The molecule has 0 fully saturated rings. The third-order valence-electron chi connectivity index (χ3n) is 2.03. The molecule has 0 saturated carbocycles. The van der Waals surface area contributed by atoms with Gasteiger partial charge in [-0.05, 0) is 28.5 Å². The van der Waals surface area contributed by atoms with Gasteiger partial charge in [0.25, 0.3) is 0 Å². The van der Waals surface area contributed by atoms with Crippen molar-refractivity contribution in [2.45, 2.75) is 0 Å². The molecule has 0 nitrogen and oxygen atoms in total. The molecule has 2 rings (SSSR count). The number of rotatable bonds is 1. The molecule has 0 aliphatic carbocycles. The van der Waals surface area contributed by atoms with Crippen LogP contribution in [0.2, 0.25) is 0 Å². The van der Waals surface area contributed by atoms with Crippen LogP contribution < -0.4 is 0 Å². The topological polar surface area (TPSA) is 0 Å². The molecule has 1 heteroatoms. The molecule has 0 amide bonds. The van der Waals surface area contributed by atoms with E-state index in [1.165, 1.54) is 16.3 Å². The maximum absolute atomic E-state index is 5.51. The molecule has 0 aliphatic heterocycles. The van der Waals surface area contributed by atoms with Crippen LogP contribution in [0.1, 0.15) is 5.56 Å². The van der Waals surface area contributed by atoms with Crippen LogP contribution in [-0.2, 0) is 0 Å². The maximum Gasteiger partial charge on any atom is 0.00484 e. The average Bonchev–Trinajstić information content (AvgIpc) is 2.18. The van der Waals surface area contributed by atoms with Crippen molar-refractivity contribution in [1.82, 2.24) is 0 Å². The summed E-state index contributed by atoms with van der Waals surface area (Å²) in [6.07, 6.45) is 1.88. The molecule has 64 valence electrons. The van der Waals surface area contributed by atoms with E-state index in [-0.39, 0.29) is 0 Å². The highest BCUT2D eigenvalue weighted by Crippen LogP contribution is 2.16. The first kappa shape index (κ1) is 8.33. The lowest BCUT2D eigenvalue weighted by Crippen LogP contribution is -1.73. The van der Waals surface area contributed by atoms with Crippen molar-refractivity contribution >= 4 is 28.4 Å². The van der Waals surface area contributed by atoms with E-state index in [2.05, 4.69) is 30.3 Å². The van der Waals surface area contributed by atoms with Gasteiger partial charge in [0.2, 0.25) is 0 Å². The lowest BCUT2D eigenvalue weighted by atomic mass is 10.1. The molecule has 2 aromatic carbocycles. The largest absolute Gasteiger partial charge is 0.0929 e.